The Morgan fingerprint density at radius 2 is 2.11 bits per heavy atom. The van der Waals surface area contributed by atoms with Crippen LogP contribution in [-0.2, 0) is 0 Å². The Morgan fingerprint density at radius 3 is 2.72 bits per heavy atom. The summed E-state index contributed by atoms with van der Waals surface area (Å²) < 4.78 is 13.0. The van der Waals surface area contributed by atoms with E-state index in [4.69, 9.17) is 5.11 Å². The summed E-state index contributed by atoms with van der Waals surface area (Å²) in [6.07, 6.45) is 0.677. The number of rotatable bonds is 8. The molecule has 0 amide bonds. The highest BCUT2D eigenvalue weighted by atomic mass is 19.1. The summed E-state index contributed by atoms with van der Waals surface area (Å²) in [5.74, 6) is -0.320. The molecule has 0 radical (unpaired) electrons. The predicted octanol–water partition coefficient (Wildman–Crippen LogP) is 1.95. The molecule has 0 aliphatic rings. The first-order valence-corrected chi connectivity index (χ1v) is 6.44. The van der Waals surface area contributed by atoms with Crippen molar-refractivity contribution >= 4 is 0 Å². The minimum absolute atomic E-state index is 0.183. The third-order valence-corrected chi connectivity index (χ3v) is 3.03. The first-order chi connectivity index (χ1) is 8.67. The van der Waals surface area contributed by atoms with E-state index >= 15 is 0 Å². The number of nitrogens with zero attached hydrogens (tertiary/aromatic N) is 1. The molecule has 4 heteroatoms. The molecule has 0 spiro atoms. The maximum Gasteiger partial charge on any atom is 0.123 e. The summed E-state index contributed by atoms with van der Waals surface area (Å²) in [5, 5.41) is 18.8. The van der Waals surface area contributed by atoms with Crippen molar-refractivity contribution in [2.75, 3.05) is 26.2 Å². The molecular formula is C14H22FNO2. The Morgan fingerprint density at radius 1 is 1.33 bits per heavy atom. The zero-order valence-corrected chi connectivity index (χ0v) is 10.8. The molecule has 1 atom stereocenters. The molecule has 2 N–H and O–H groups in total. The maximum atomic E-state index is 13.0. The number of halogens is 1. The van der Waals surface area contributed by atoms with E-state index in [1.807, 2.05) is 6.92 Å². The lowest BCUT2D eigenvalue weighted by atomic mass is 10.1. The van der Waals surface area contributed by atoms with Gasteiger partial charge in [-0.2, -0.15) is 0 Å². The molecule has 0 aromatic heterocycles. The van der Waals surface area contributed by atoms with E-state index < -0.39 is 6.10 Å². The predicted molar refractivity (Wildman–Crippen MR) is 69.8 cm³/mol. The minimum Gasteiger partial charge on any atom is -0.396 e. The van der Waals surface area contributed by atoms with Gasteiger partial charge in [0.2, 0.25) is 0 Å². The van der Waals surface area contributed by atoms with Crippen LogP contribution in [0.2, 0.25) is 0 Å². The van der Waals surface area contributed by atoms with Gasteiger partial charge < -0.3 is 15.1 Å². The average molecular weight is 255 g/mol. The lowest BCUT2D eigenvalue weighted by Gasteiger charge is -2.21. The number of benzene rings is 1. The van der Waals surface area contributed by atoms with Gasteiger partial charge in [-0.3, -0.25) is 0 Å². The molecule has 0 aliphatic heterocycles. The third kappa shape index (κ3) is 5.12. The van der Waals surface area contributed by atoms with E-state index in [1.54, 1.807) is 12.1 Å². The van der Waals surface area contributed by atoms with Crippen LogP contribution in [0.3, 0.4) is 0 Å². The van der Waals surface area contributed by atoms with Gasteiger partial charge in [-0.25, -0.2) is 4.39 Å². The van der Waals surface area contributed by atoms with E-state index in [0.717, 1.165) is 26.1 Å². The molecular weight excluding hydrogens is 233 g/mol. The molecule has 0 fully saturated rings. The highest BCUT2D eigenvalue weighted by Gasteiger charge is 2.10. The molecule has 3 nitrogen and oxygen atoms in total. The van der Waals surface area contributed by atoms with Gasteiger partial charge in [0.25, 0.3) is 0 Å². The average Bonchev–Trinajstić information content (AvgIpc) is 2.38. The van der Waals surface area contributed by atoms with Crippen LogP contribution in [0, 0.1) is 5.82 Å². The fourth-order valence-corrected chi connectivity index (χ4v) is 1.91. The molecule has 1 rings (SSSR count). The van der Waals surface area contributed by atoms with Gasteiger partial charge in [0.1, 0.15) is 5.82 Å². The van der Waals surface area contributed by atoms with Crippen LogP contribution in [0.1, 0.15) is 31.4 Å². The lowest BCUT2D eigenvalue weighted by Crippen LogP contribution is -2.27. The quantitative estimate of drug-likeness (QED) is 0.746. The van der Waals surface area contributed by atoms with Crippen LogP contribution < -0.4 is 0 Å². The van der Waals surface area contributed by atoms with Gasteiger partial charge in [-0.1, -0.05) is 19.1 Å². The highest BCUT2D eigenvalue weighted by molar-refractivity contribution is 5.18. The van der Waals surface area contributed by atoms with E-state index in [1.165, 1.54) is 12.1 Å². The van der Waals surface area contributed by atoms with E-state index in [-0.39, 0.29) is 12.4 Å². The van der Waals surface area contributed by atoms with Crippen molar-refractivity contribution in [3.63, 3.8) is 0 Å². The molecule has 1 aromatic carbocycles. The van der Waals surface area contributed by atoms with Crippen molar-refractivity contribution < 1.29 is 14.6 Å². The normalized spacial score (nSPS) is 12.9. The molecule has 0 bridgehead atoms. The van der Waals surface area contributed by atoms with Gasteiger partial charge in [0.05, 0.1) is 6.10 Å². The van der Waals surface area contributed by atoms with E-state index in [0.29, 0.717) is 12.0 Å². The fourth-order valence-electron chi connectivity index (χ4n) is 1.91. The van der Waals surface area contributed by atoms with Crippen molar-refractivity contribution in [1.29, 1.82) is 0 Å². The smallest absolute Gasteiger partial charge is 0.123 e. The summed E-state index contributed by atoms with van der Waals surface area (Å²) in [7, 11) is 0. The fraction of sp³-hybridized carbons (Fsp3) is 0.571. The van der Waals surface area contributed by atoms with Crippen LogP contribution >= 0.6 is 0 Å². The van der Waals surface area contributed by atoms with E-state index in [2.05, 4.69) is 4.90 Å². The van der Waals surface area contributed by atoms with Crippen LogP contribution in [0.15, 0.2) is 24.3 Å². The molecule has 1 unspecified atom stereocenters. The summed E-state index contributed by atoms with van der Waals surface area (Å²) >= 11 is 0. The Hall–Kier alpha value is -0.970. The Kier molecular flexibility index (Phi) is 6.86. The zero-order chi connectivity index (χ0) is 13.4. The second-order valence-corrected chi connectivity index (χ2v) is 4.37. The molecule has 0 heterocycles. The van der Waals surface area contributed by atoms with Crippen LogP contribution in [0.5, 0.6) is 0 Å². The Bertz CT molecular complexity index is 346. The number of aliphatic hydroxyl groups is 2. The van der Waals surface area contributed by atoms with Crippen molar-refractivity contribution in [3.8, 4) is 0 Å². The van der Waals surface area contributed by atoms with Crippen molar-refractivity contribution in [1.82, 2.24) is 4.90 Å². The molecule has 1 aromatic rings. The van der Waals surface area contributed by atoms with Gasteiger partial charge in [-0.15, -0.1) is 0 Å². The minimum atomic E-state index is -0.635. The second kappa shape index (κ2) is 8.19. The summed E-state index contributed by atoms with van der Waals surface area (Å²) in [4.78, 5) is 2.17. The van der Waals surface area contributed by atoms with Gasteiger partial charge in [-0.05, 0) is 37.1 Å². The third-order valence-electron chi connectivity index (χ3n) is 3.03. The Balaban J connectivity index is 2.42. The van der Waals surface area contributed by atoms with Crippen LogP contribution in [-0.4, -0.2) is 41.4 Å². The monoisotopic (exact) mass is 255 g/mol. The maximum absolute atomic E-state index is 13.0. The molecule has 102 valence electrons. The molecule has 0 aliphatic carbocycles. The number of aliphatic hydroxyl groups excluding tert-OH is 2. The van der Waals surface area contributed by atoms with Gasteiger partial charge in [0.15, 0.2) is 0 Å². The first-order valence-electron chi connectivity index (χ1n) is 6.44. The SMILES string of the molecule is CCN(CCCO)CCC(O)c1cccc(F)c1. The second-order valence-electron chi connectivity index (χ2n) is 4.37. The van der Waals surface area contributed by atoms with Crippen molar-refractivity contribution in [2.24, 2.45) is 0 Å². The van der Waals surface area contributed by atoms with Gasteiger partial charge in [0, 0.05) is 19.7 Å². The van der Waals surface area contributed by atoms with E-state index in [9.17, 15) is 9.50 Å². The number of hydrogen-bond donors (Lipinski definition) is 2. The summed E-state index contributed by atoms with van der Waals surface area (Å²) in [5.41, 5.74) is 0.619. The summed E-state index contributed by atoms with van der Waals surface area (Å²) in [6.45, 7) is 4.68. The van der Waals surface area contributed by atoms with Crippen LogP contribution in [0.25, 0.3) is 0 Å². The Labute approximate surface area is 108 Å². The molecule has 18 heavy (non-hydrogen) atoms. The largest absolute Gasteiger partial charge is 0.396 e. The highest BCUT2D eigenvalue weighted by Crippen LogP contribution is 2.17. The molecule has 0 saturated carbocycles. The van der Waals surface area contributed by atoms with Crippen molar-refractivity contribution in [3.05, 3.63) is 35.6 Å². The van der Waals surface area contributed by atoms with Gasteiger partial charge >= 0.3 is 0 Å². The molecule has 0 saturated heterocycles. The van der Waals surface area contributed by atoms with Crippen molar-refractivity contribution in [2.45, 2.75) is 25.9 Å². The standard InChI is InChI=1S/C14H22FNO2/c1-2-16(8-4-10-17)9-7-14(18)12-5-3-6-13(15)11-12/h3,5-6,11,14,17-18H,2,4,7-10H2,1H3. The summed E-state index contributed by atoms with van der Waals surface area (Å²) in [6, 6.07) is 6.08. The lowest BCUT2D eigenvalue weighted by molar-refractivity contribution is 0.139. The van der Waals surface area contributed by atoms with Crippen LogP contribution in [0.4, 0.5) is 4.39 Å². The number of hydrogen-bond acceptors (Lipinski definition) is 3. The topological polar surface area (TPSA) is 43.7 Å². The first kappa shape index (κ1) is 15.1. The zero-order valence-electron chi connectivity index (χ0n) is 10.8.